The average molecular weight is 858 g/mol. The van der Waals surface area contributed by atoms with Crippen molar-refractivity contribution in [2.75, 3.05) is 0 Å². The molecule has 13 rings (SSSR count). The Balaban J connectivity index is 0.971. The van der Waals surface area contributed by atoms with Crippen molar-refractivity contribution >= 4 is 43.6 Å². The minimum absolute atomic E-state index is 0.483. The normalized spacial score (nSPS) is 12.9. The average Bonchev–Trinajstić information content (AvgIpc) is 4.01. The molecule has 3 heterocycles. The third-order valence-corrected chi connectivity index (χ3v) is 14.3. The van der Waals surface area contributed by atoms with Gasteiger partial charge in [0.1, 0.15) is 0 Å². The highest BCUT2D eigenvalue weighted by molar-refractivity contribution is 6.10. The van der Waals surface area contributed by atoms with Gasteiger partial charge in [-0.05, 0) is 111 Å². The van der Waals surface area contributed by atoms with Crippen LogP contribution in [0.5, 0.6) is 0 Å². The zero-order chi connectivity index (χ0) is 44.6. The zero-order valence-electron chi connectivity index (χ0n) is 37.6. The van der Waals surface area contributed by atoms with E-state index in [0.717, 1.165) is 40.2 Å². The number of pyridine rings is 1. The van der Waals surface area contributed by atoms with E-state index >= 15 is 0 Å². The molecule has 1 aliphatic carbocycles. The predicted molar refractivity (Wildman–Crippen MR) is 280 cm³/mol. The second-order valence-corrected chi connectivity index (χ2v) is 18.6. The van der Waals surface area contributed by atoms with E-state index in [-0.39, 0.29) is 0 Å². The molecule has 1 aliphatic rings. The van der Waals surface area contributed by atoms with E-state index in [1.165, 1.54) is 82.6 Å². The molecule has 0 saturated heterocycles. The van der Waals surface area contributed by atoms with Crippen LogP contribution in [0.4, 0.5) is 0 Å². The fourth-order valence-corrected chi connectivity index (χ4v) is 11.5. The molecule has 0 saturated carbocycles. The Morgan fingerprint density at radius 1 is 0.403 bits per heavy atom. The van der Waals surface area contributed by atoms with Crippen LogP contribution in [0, 0.1) is 5.92 Å². The number of para-hydroxylation sites is 4. The molecule has 0 atom stereocenters. The van der Waals surface area contributed by atoms with Crippen molar-refractivity contribution in [3.63, 3.8) is 0 Å². The van der Waals surface area contributed by atoms with E-state index in [1.54, 1.807) is 0 Å². The van der Waals surface area contributed by atoms with Crippen molar-refractivity contribution in [3.8, 4) is 44.9 Å². The number of benzene rings is 9. The quantitative estimate of drug-likeness (QED) is 0.149. The number of rotatable bonds is 8. The van der Waals surface area contributed by atoms with Gasteiger partial charge in [0.2, 0.25) is 0 Å². The van der Waals surface area contributed by atoms with Crippen LogP contribution < -0.4 is 0 Å². The summed E-state index contributed by atoms with van der Waals surface area (Å²) < 4.78 is 4.83. The van der Waals surface area contributed by atoms with Gasteiger partial charge in [0.15, 0.2) is 0 Å². The van der Waals surface area contributed by atoms with Gasteiger partial charge in [-0.1, -0.05) is 184 Å². The smallest absolute Gasteiger partial charge is 0.0713 e. The number of hydrogen-bond donors (Lipinski definition) is 0. The fourth-order valence-electron chi connectivity index (χ4n) is 11.5. The van der Waals surface area contributed by atoms with Gasteiger partial charge in [-0.25, -0.2) is 0 Å². The molecule has 0 fully saturated rings. The lowest BCUT2D eigenvalue weighted by Crippen LogP contribution is -2.28. The molecular formula is C64H47N3. The maximum atomic E-state index is 5.31. The third kappa shape index (κ3) is 6.08. The van der Waals surface area contributed by atoms with Crippen molar-refractivity contribution in [1.82, 2.24) is 14.1 Å². The molecule has 12 aromatic rings. The van der Waals surface area contributed by atoms with Gasteiger partial charge >= 0.3 is 0 Å². The molecule has 3 nitrogen and oxygen atoms in total. The summed E-state index contributed by atoms with van der Waals surface area (Å²) in [5.41, 5.74) is 19.7. The number of fused-ring (bicyclic) bond motifs is 9. The molecule has 0 unspecified atom stereocenters. The van der Waals surface area contributed by atoms with Gasteiger partial charge in [0.05, 0.1) is 33.2 Å². The summed E-state index contributed by atoms with van der Waals surface area (Å²) in [5.74, 6) is 0.593. The van der Waals surface area contributed by atoms with Crippen LogP contribution >= 0.6 is 0 Å². The first kappa shape index (κ1) is 39.1. The van der Waals surface area contributed by atoms with Crippen LogP contribution in [0.1, 0.15) is 41.7 Å². The van der Waals surface area contributed by atoms with Crippen molar-refractivity contribution < 1.29 is 0 Å². The van der Waals surface area contributed by atoms with E-state index < -0.39 is 5.41 Å². The first-order valence-corrected chi connectivity index (χ1v) is 23.5. The van der Waals surface area contributed by atoms with Crippen molar-refractivity contribution in [1.29, 1.82) is 0 Å². The Labute approximate surface area is 390 Å². The summed E-state index contributed by atoms with van der Waals surface area (Å²) >= 11 is 0. The van der Waals surface area contributed by atoms with E-state index in [4.69, 9.17) is 4.98 Å². The second kappa shape index (κ2) is 15.4. The minimum atomic E-state index is -0.483. The lowest BCUT2D eigenvalue weighted by molar-refractivity contribution is 0.646. The highest BCUT2D eigenvalue weighted by atomic mass is 15.0. The molecule has 0 bridgehead atoms. The van der Waals surface area contributed by atoms with Gasteiger partial charge in [-0.15, -0.1) is 0 Å². The van der Waals surface area contributed by atoms with E-state index in [1.807, 2.05) is 0 Å². The molecule has 9 aromatic carbocycles. The van der Waals surface area contributed by atoms with Crippen LogP contribution in [0.2, 0.25) is 0 Å². The van der Waals surface area contributed by atoms with Crippen LogP contribution in [0.25, 0.3) is 88.5 Å². The van der Waals surface area contributed by atoms with Gasteiger partial charge < -0.3 is 9.13 Å². The Hall–Kier alpha value is -8.27. The summed E-state index contributed by atoms with van der Waals surface area (Å²) in [6.45, 7) is 4.58. The van der Waals surface area contributed by atoms with Crippen LogP contribution in [-0.4, -0.2) is 14.1 Å². The number of hydrogen-bond acceptors (Lipinski definition) is 1. The summed E-state index contributed by atoms with van der Waals surface area (Å²) in [6, 6.07) is 83.0. The van der Waals surface area contributed by atoms with Crippen LogP contribution in [0.15, 0.2) is 231 Å². The largest absolute Gasteiger partial charge is 0.309 e. The molecular weight excluding hydrogens is 811 g/mol. The van der Waals surface area contributed by atoms with Crippen molar-refractivity contribution in [3.05, 3.63) is 258 Å². The Bertz CT molecular complexity index is 3580. The van der Waals surface area contributed by atoms with Crippen molar-refractivity contribution in [2.24, 2.45) is 5.92 Å². The molecule has 0 spiro atoms. The molecule has 318 valence electrons. The van der Waals surface area contributed by atoms with Gasteiger partial charge in [0.25, 0.3) is 0 Å². The molecule has 0 radical (unpaired) electrons. The molecule has 0 amide bonds. The molecule has 3 aromatic heterocycles. The lowest BCUT2D eigenvalue weighted by atomic mass is 9.67. The monoisotopic (exact) mass is 857 g/mol. The van der Waals surface area contributed by atoms with Gasteiger partial charge in [0, 0.05) is 50.2 Å². The van der Waals surface area contributed by atoms with Crippen LogP contribution in [-0.2, 0) is 11.8 Å². The maximum Gasteiger partial charge on any atom is 0.0713 e. The standard InChI is InChI=1S/C64H47N3/c1-42(2)36-43-30-33-47(34-31-43)64(57-24-9-3-18-51(57)52-19-4-10-25-58(52)64)48-17-15-16-44(37-48)45-32-35-59(65-41-45)46-38-49(66-60-26-11-5-20-53(60)54-21-6-12-27-61(54)66)40-50(39-46)67-62-28-13-7-22-55(62)56-23-8-14-29-63(56)67/h3-35,37-42H,36H2,1-2H3. The van der Waals surface area contributed by atoms with Gasteiger partial charge in [-0.2, -0.15) is 0 Å². The van der Waals surface area contributed by atoms with E-state index in [0.29, 0.717) is 5.92 Å². The predicted octanol–water partition coefficient (Wildman–Crippen LogP) is 16.2. The highest BCUT2D eigenvalue weighted by Crippen LogP contribution is 2.56. The topological polar surface area (TPSA) is 22.8 Å². The molecule has 3 heteroatoms. The summed E-state index contributed by atoms with van der Waals surface area (Å²) in [4.78, 5) is 5.31. The summed E-state index contributed by atoms with van der Waals surface area (Å²) in [5, 5.41) is 4.95. The Kier molecular flexibility index (Phi) is 9.01. The SMILES string of the molecule is CC(C)Cc1ccc(C2(c3cccc(-c4ccc(-c5cc(-n6c7ccccc7c7ccccc76)cc(-n6c7ccccc7c7ccccc76)c5)nc4)c3)c3ccccc3-c3ccccc32)cc1. The zero-order valence-corrected chi connectivity index (χ0v) is 37.6. The lowest BCUT2D eigenvalue weighted by Gasteiger charge is -2.34. The first-order valence-electron chi connectivity index (χ1n) is 23.5. The second-order valence-electron chi connectivity index (χ2n) is 18.6. The Morgan fingerprint density at radius 2 is 0.896 bits per heavy atom. The van der Waals surface area contributed by atoms with Gasteiger partial charge in [-0.3, -0.25) is 4.98 Å². The summed E-state index contributed by atoms with van der Waals surface area (Å²) in [6.07, 6.45) is 3.12. The first-order chi connectivity index (χ1) is 33.0. The van der Waals surface area contributed by atoms with Crippen molar-refractivity contribution in [2.45, 2.75) is 25.7 Å². The summed E-state index contributed by atoms with van der Waals surface area (Å²) in [7, 11) is 0. The number of aromatic nitrogens is 3. The molecule has 0 aliphatic heterocycles. The molecule has 0 N–H and O–H groups in total. The van der Waals surface area contributed by atoms with Crippen LogP contribution in [0.3, 0.4) is 0 Å². The van der Waals surface area contributed by atoms with E-state index in [9.17, 15) is 0 Å². The maximum absolute atomic E-state index is 5.31. The highest BCUT2D eigenvalue weighted by Gasteiger charge is 2.46. The Morgan fingerprint density at radius 3 is 1.39 bits per heavy atom. The third-order valence-electron chi connectivity index (χ3n) is 14.3. The molecule has 67 heavy (non-hydrogen) atoms. The number of nitrogens with zero attached hydrogens (tertiary/aromatic N) is 3. The van der Waals surface area contributed by atoms with E-state index in [2.05, 4.69) is 254 Å². The fraction of sp³-hybridized carbons (Fsp3) is 0.0781. The minimum Gasteiger partial charge on any atom is -0.309 e.